The summed E-state index contributed by atoms with van der Waals surface area (Å²) < 4.78 is 16.9. The van der Waals surface area contributed by atoms with Crippen LogP contribution >= 0.6 is 0 Å². The third kappa shape index (κ3) is 62.7. The molecule has 1 atom stereocenters. The van der Waals surface area contributed by atoms with Crippen LogP contribution in [-0.4, -0.2) is 37.2 Å². The maximum Gasteiger partial charge on any atom is 0.306 e. The molecule has 448 valence electrons. The quantitative estimate of drug-likeness (QED) is 0.0261. The van der Waals surface area contributed by atoms with Crippen molar-refractivity contribution in [3.8, 4) is 0 Å². The largest absolute Gasteiger partial charge is 0.462 e. The average molecular weight is 1070 g/mol. The molecule has 0 saturated heterocycles. The molecule has 0 aliphatic heterocycles. The van der Waals surface area contributed by atoms with E-state index < -0.39 is 6.10 Å². The highest BCUT2D eigenvalue weighted by molar-refractivity contribution is 5.71. The number of carbonyl (C=O) groups is 3. The predicted octanol–water partition coefficient (Wildman–Crippen LogP) is 23.4. The smallest absolute Gasteiger partial charge is 0.306 e. The molecule has 0 rings (SSSR count). The Balaban J connectivity index is 3.97. The van der Waals surface area contributed by atoms with Crippen molar-refractivity contribution in [2.24, 2.45) is 0 Å². The zero-order chi connectivity index (χ0) is 55.0. The third-order valence-electron chi connectivity index (χ3n) is 15.7. The van der Waals surface area contributed by atoms with E-state index in [0.717, 1.165) is 70.6 Å². The van der Waals surface area contributed by atoms with Crippen molar-refractivity contribution in [2.45, 2.75) is 393 Å². The van der Waals surface area contributed by atoms with Gasteiger partial charge in [-0.1, -0.05) is 328 Å². The number of rotatable bonds is 64. The zero-order valence-electron chi connectivity index (χ0n) is 51.6. The number of hydrogen-bond acceptors (Lipinski definition) is 6. The van der Waals surface area contributed by atoms with Crippen LogP contribution in [0.4, 0.5) is 0 Å². The van der Waals surface area contributed by atoms with Gasteiger partial charge in [-0.2, -0.15) is 0 Å². The van der Waals surface area contributed by atoms with Crippen LogP contribution in [-0.2, 0) is 28.6 Å². The second kappa shape index (κ2) is 65.4. The van der Waals surface area contributed by atoms with Gasteiger partial charge in [0.25, 0.3) is 0 Å². The summed E-state index contributed by atoms with van der Waals surface area (Å²) in [7, 11) is 0. The first-order chi connectivity index (χ1) is 37.5. The van der Waals surface area contributed by atoms with Crippen LogP contribution < -0.4 is 0 Å². The van der Waals surface area contributed by atoms with Gasteiger partial charge in [0.1, 0.15) is 13.2 Å². The Morgan fingerprint density at radius 2 is 0.447 bits per heavy atom. The summed E-state index contributed by atoms with van der Waals surface area (Å²) in [5, 5.41) is 0. The van der Waals surface area contributed by atoms with Gasteiger partial charge in [0.15, 0.2) is 6.10 Å². The van der Waals surface area contributed by atoms with E-state index in [1.165, 1.54) is 276 Å². The molecule has 0 bridgehead atoms. The number of esters is 3. The van der Waals surface area contributed by atoms with Crippen molar-refractivity contribution in [1.29, 1.82) is 0 Å². The Kier molecular flexibility index (Phi) is 63.6. The topological polar surface area (TPSA) is 78.9 Å². The molecule has 0 radical (unpaired) electrons. The van der Waals surface area contributed by atoms with Gasteiger partial charge in [-0.25, -0.2) is 0 Å². The summed E-state index contributed by atoms with van der Waals surface area (Å²) >= 11 is 0. The monoisotopic (exact) mass is 1070 g/mol. The lowest BCUT2D eigenvalue weighted by molar-refractivity contribution is -0.167. The van der Waals surface area contributed by atoms with E-state index in [1.807, 2.05) is 0 Å². The fourth-order valence-electron chi connectivity index (χ4n) is 10.5. The van der Waals surface area contributed by atoms with Crippen LogP contribution in [0.3, 0.4) is 0 Å². The fourth-order valence-corrected chi connectivity index (χ4v) is 10.5. The average Bonchev–Trinajstić information content (AvgIpc) is 3.42. The van der Waals surface area contributed by atoms with Crippen molar-refractivity contribution in [3.63, 3.8) is 0 Å². The van der Waals surface area contributed by atoms with E-state index in [0.29, 0.717) is 19.3 Å². The Hall–Kier alpha value is -2.11. The van der Waals surface area contributed by atoms with Crippen molar-refractivity contribution in [2.75, 3.05) is 13.2 Å². The molecule has 0 heterocycles. The lowest BCUT2D eigenvalue weighted by atomic mass is 10.0. The van der Waals surface area contributed by atoms with Gasteiger partial charge in [-0.3, -0.25) is 14.4 Å². The molecule has 0 aliphatic rings. The number of ether oxygens (including phenoxy) is 3. The minimum Gasteiger partial charge on any atom is -0.462 e. The molecule has 0 aromatic heterocycles. The fraction of sp³-hybridized carbons (Fsp3) is 0.900. The van der Waals surface area contributed by atoms with Crippen LogP contribution in [0.1, 0.15) is 387 Å². The summed E-state index contributed by atoms with van der Waals surface area (Å²) in [4.78, 5) is 38.2. The van der Waals surface area contributed by atoms with Crippen LogP contribution in [0.5, 0.6) is 0 Å². The number of hydrogen-bond donors (Lipinski definition) is 0. The molecule has 0 spiro atoms. The SMILES string of the molecule is CCCC/C=C\CCCCCCCC(=O)OCC(COC(=O)CCCCCCCCCCCCCCCCCCCCCCCCCCCCCCCCCCCC)OC(=O)CCCCCCC/C=C\CCCCCC. The highest BCUT2D eigenvalue weighted by Gasteiger charge is 2.19. The summed E-state index contributed by atoms with van der Waals surface area (Å²) in [6, 6.07) is 0. The van der Waals surface area contributed by atoms with Crippen molar-refractivity contribution < 1.29 is 28.6 Å². The lowest BCUT2D eigenvalue weighted by Gasteiger charge is -2.18. The second-order valence-electron chi connectivity index (χ2n) is 23.4. The van der Waals surface area contributed by atoms with E-state index in [9.17, 15) is 14.4 Å². The minimum atomic E-state index is -0.775. The predicted molar refractivity (Wildman–Crippen MR) is 330 cm³/mol. The zero-order valence-corrected chi connectivity index (χ0v) is 51.6. The highest BCUT2D eigenvalue weighted by Crippen LogP contribution is 2.19. The van der Waals surface area contributed by atoms with E-state index in [1.54, 1.807) is 0 Å². The van der Waals surface area contributed by atoms with Gasteiger partial charge >= 0.3 is 17.9 Å². The van der Waals surface area contributed by atoms with Gasteiger partial charge in [0.05, 0.1) is 0 Å². The van der Waals surface area contributed by atoms with Crippen molar-refractivity contribution in [3.05, 3.63) is 24.3 Å². The van der Waals surface area contributed by atoms with E-state index in [2.05, 4.69) is 45.1 Å². The number of allylic oxidation sites excluding steroid dienone is 4. The summed E-state index contributed by atoms with van der Waals surface area (Å²) in [5.74, 6) is -0.870. The Morgan fingerprint density at radius 3 is 0.711 bits per heavy atom. The van der Waals surface area contributed by atoms with E-state index >= 15 is 0 Å². The molecular weight excluding hydrogens is 937 g/mol. The van der Waals surface area contributed by atoms with Crippen LogP contribution in [0.15, 0.2) is 24.3 Å². The third-order valence-corrected chi connectivity index (χ3v) is 15.7. The Bertz CT molecular complexity index is 1230. The maximum atomic E-state index is 12.8. The molecule has 0 aromatic rings. The molecule has 76 heavy (non-hydrogen) atoms. The molecule has 6 nitrogen and oxygen atoms in total. The van der Waals surface area contributed by atoms with E-state index in [-0.39, 0.29) is 31.1 Å². The van der Waals surface area contributed by atoms with Gasteiger partial charge in [0, 0.05) is 19.3 Å². The number of unbranched alkanes of at least 4 members (excludes halogenated alkanes) is 49. The number of carbonyl (C=O) groups excluding carboxylic acids is 3. The van der Waals surface area contributed by atoms with Crippen LogP contribution in [0, 0.1) is 0 Å². The van der Waals surface area contributed by atoms with Gasteiger partial charge in [-0.05, 0) is 64.2 Å². The maximum absolute atomic E-state index is 12.8. The molecule has 0 fully saturated rings. The lowest BCUT2D eigenvalue weighted by Crippen LogP contribution is -2.30. The van der Waals surface area contributed by atoms with Gasteiger partial charge in [0.2, 0.25) is 0 Å². The summed E-state index contributed by atoms with van der Waals surface area (Å²) in [6.45, 7) is 6.63. The van der Waals surface area contributed by atoms with Gasteiger partial charge < -0.3 is 14.2 Å². The van der Waals surface area contributed by atoms with Crippen LogP contribution in [0.25, 0.3) is 0 Å². The highest BCUT2D eigenvalue weighted by atomic mass is 16.6. The molecule has 0 N–H and O–H groups in total. The van der Waals surface area contributed by atoms with Crippen LogP contribution in [0.2, 0.25) is 0 Å². The first-order valence-corrected chi connectivity index (χ1v) is 34.3. The first-order valence-electron chi connectivity index (χ1n) is 34.3. The molecule has 0 amide bonds. The Labute approximate surface area is 474 Å². The molecular formula is C70H132O6. The molecule has 1 unspecified atom stereocenters. The first kappa shape index (κ1) is 73.9. The standard InChI is InChI=1S/C70H132O6/c1-4-7-10-13-16-19-22-24-25-26-27-28-29-30-31-32-33-34-35-36-37-38-39-40-41-42-43-44-46-48-51-54-57-60-63-69(72)75-66-67(65-74-68(71)62-59-56-53-50-47-21-18-15-12-9-6-3)76-70(73)64-61-58-55-52-49-45-23-20-17-14-11-8-5-2/h15,18,20,23,67H,4-14,16-17,19,21-22,24-66H2,1-3H3/b18-15-,23-20-. The molecule has 0 aromatic carbocycles. The molecule has 0 aliphatic carbocycles. The normalized spacial score (nSPS) is 12.1. The second-order valence-corrected chi connectivity index (χ2v) is 23.4. The minimum absolute atomic E-state index is 0.0729. The van der Waals surface area contributed by atoms with Gasteiger partial charge in [-0.15, -0.1) is 0 Å². The molecule has 0 saturated carbocycles. The molecule has 6 heteroatoms. The van der Waals surface area contributed by atoms with E-state index in [4.69, 9.17) is 14.2 Å². The van der Waals surface area contributed by atoms with Crippen molar-refractivity contribution in [1.82, 2.24) is 0 Å². The Morgan fingerprint density at radius 1 is 0.250 bits per heavy atom. The van der Waals surface area contributed by atoms with Crippen molar-refractivity contribution >= 4 is 17.9 Å². The summed E-state index contributed by atoms with van der Waals surface area (Å²) in [6.07, 6.45) is 79.5. The summed E-state index contributed by atoms with van der Waals surface area (Å²) in [5.41, 5.74) is 0.